The second-order valence-corrected chi connectivity index (χ2v) is 18.4. The van der Waals surface area contributed by atoms with E-state index in [1.165, 1.54) is 12.8 Å². The van der Waals surface area contributed by atoms with Crippen molar-refractivity contribution in [3.05, 3.63) is 158 Å². The Bertz CT molecular complexity index is 1670. The minimum absolute atomic E-state index is 0.114. The lowest BCUT2D eigenvalue weighted by Gasteiger charge is -2.18. The number of carbonyl (C=O) groups excluding carboxylic acids is 3. The van der Waals surface area contributed by atoms with E-state index in [1.54, 1.807) is 0 Å². The van der Waals surface area contributed by atoms with Crippen molar-refractivity contribution in [1.29, 1.82) is 0 Å². The molecule has 0 rings (SSSR count). The number of hydrogen-bond donors (Lipinski definition) is 0. The van der Waals surface area contributed by atoms with Gasteiger partial charge < -0.3 is 14.2 Å². The largest absolute Gasteiger partial charge is 0.462 e. The van der Waals surface area contributed by atoms with Crippen molar-refractivity contribution in [2.45, 2.75) is 232 Å². The van der Waals surface area contributed by atoms with Crippen molar-refractivity contribution in [2.24, 2.45) is 0 Å². The maximum absolute atomic E-state index is 12.9. The lowest BCUT2D eigenvalue weighted by atomic mass is 10.1. The van der Waals surface area contributed by atoms with Gasteiger partial charge in [-0.2, -0.15) is 0 Å². The second kappa shape index (κ2) is 59.6. The van der Waals surface area contributed by atoms with Gasteiger partial charge in [0.25, 0.3) is 0 Å². The Kier molecular flexibility index (Phi) is 55.5. The molecular weight excluding hydrogens is 901 g/mol. The van der Waals surface area contributed by atoms with Crippen molar-refractivity contribution in [3.8, 4) is 0 Å². The van der Waals surface area contributed by atoms with Gasteiger partial charge in [0.1, 0.15) is 13.2 Å². The SMILES string of the molecule is CC/C=C\C/C=C\C/C=C\C/C=C\C/C=C\C/C=C\CCCCCCC(=O)OCC(COC(=O)CCCCC/C=C\C/C=C\C/C=C\CC)OC(=O)CCCCCCCC/C=C\C/C=C\C/C=C\C/C=C\CC. The van der Waals surface area contributed by atoms with E-state index in [0.29, 0.717) is 19.3 Å². The lowest BCUT2D eigenvalue weighted by molar-refractivity contribution is -0.167. The van der Waals surface area contributed by atoms with Crippen molar-refractivity contribution < 1.29 is 28.6 Å². The number of allylic oxidation sites excluding steroid dienone is 26. The zero-order chi connectivity index (χ0) is 52.9. The first-order valence-corrected chi connectivity index (χ1v) is 29.0. The van der Waals surface area contributed by atoms with Crippen LogP contribution in [-0.4, -0.2) is 37.2 Å². The molecule has 0 N–H and O–H groups in total. The Morgan fingerprint density at radius 1 is 0.274 bits per heavy atom. The second-order valence-electron chi connectivity index (χ2n) is 18.4. The molecule has 0 aromatic rings. The zero-order valence-electron chi connectivity index (χ0n) is 46.6. The van der Waals surface area contributed by atoms with E-state index < -0.39 is 6.10 Å². The van der Waals surface area contributed by atoms with E-state index in [-0.39, 0.29) is 31.1 Å². The average Bonchev–Trinajstić information content (AvgIpc) is 3.39. The van der Waals surface area contributed by atoms with Gasteiger partial charge in [-0.05, 0) is 141 Å². The van der Waals surface area contributed by atoms with Crippen LogP contribution in [0.2, 0.25) is 0 Å². The van der Waals surface area contributed by atoms with E-state index in [1.807, 2.05) is 0 Å². The molecule has 0 saturated carbocycles. The summed E-state index contributed by atoms with van der Waals surface area (Å²) in [5.74, 6) is -0.989. The molecule has 0 aliphatic heterocycles. The number of ether oxygens (including phenoxy) is 3. The maximum atomic E-state index is 12.9. The minimum Gasteiger partial charge on any atom is -0.462 e. The van der Waals surface area contributed by atoms with Crippen LogP contribution in [0.5, 0.6) is 0 Å². The third-order valence-corrected chi connectivity index (χ3v) is 11.5. The summed E-state index contributed by atoms with van der Waals surface area (Å²) in [5, 5.41) is 0. The van der Waals surface area contributed by atoms with Gasteiger partial charge in [0.05, 0.1) is 0 Å². The van der Waals surface area contributed by atoms with E-state index in [4.69, 9.17) is 14.2 Å². The van der Waals surface area contributed by atoms with Crippen LogP contribution in [0.15, 0.2) is 158 Å². The quantitative estimate of drug-likeness (QED) is 0.0261. The normalized spacial score (nSPS) is 13.3. The van der Waals surface area contributed by atoms with E-state index in [2.05, 4.69) is 179 Å². The topological polar surface area (TPSA) is 78.9 Å². The van der Waals surface area contributed by atoms with Crippen molar-refractivity contribution >= 4 is 17.9 Å². The molecule has 0 aromatic heterocycles. The molecule has 1 atom stereocenters. The molecule has 0 bridgehead atoms. The molecule has 6 nitrogen and oxygen atoms in total. The molecule has 0 aliphatic carbocycles. The first-order chi connectivity index (χ1) is 36.0. The van der Waals surface area contributed by atoms with Crippen LogP contribution in [0.3, 0.4) is 0 Å². The highest BCUT2D eigenvalue weighted by atomic mass is 16.6. The Labute approximate surface area is 448 Å². The first kappa shape index (κ1) is 68.0. The Morgan fingerprint density at radius 3 is 0.781 bits per heavy atom. The van der Waals surface area contributed by atoms with Gasteiger partial charge in [-0.3, -0.25) is 14.4 Å². The van der Waals surface area contributed by atoms with Crippen LogP contribution in [0, 0.1) is 0 Å². The fourth-order valence-electron chi connectivity index (χ4n) is 7.27. The van der Waals surface area contributed by atoms with Gasteiger partial charge in [-0.15, -0.1) is 0 Å². The van der Waals surface area contributed by atoms with E-state index in [0.717, 1.165) is 173 Å². The van der Waals surface area contributed by atoms with Crippen LogP contribution in [0.25, 0.3) is 0 Å². The fraction of sp³-hybridized carbons (Fsp3) is 0.567. The van der Waals surface area contributed by atoms with Gasteiger partial charge >= 0.3 is 17.9 Å². The molecule has 408 valence electrons. The molecule has 0 fully saturated rings. The third kappa shape index (κ3) is 57.8. The Balaban J connectivity index is 4.50. The van der Waals surface area contributed by atoms with Gasteiger partial charge in [-0.25, -0.2) is 0 Å². The monoisotopic (exact) mass is 1000 g/mol. The molecule has 73 heavy (non-hydrogen) atoms. The summed E-state index contributed by atoms with van der Waals surface area (Å²) in [6, 6.07) is 0. The standard InChI is InChI=1S/C67H104O6/c1-4-7-10-13-16-19-22-25-27-29-31-32-33-34-36-37-39-42-45-48-51-54-57-60-66(69)72-63-64(62-71-65(68)59-56-53-50-47-44-41-24-21-18-15-12-9-6-3)73-67(70)61-58-55-52-49-46-43-40-38-35-30-28-26-23-20-17-14-11-8-5-2/h7-12,16-21,25-28,31-32,34-36,38-39,41-42,44,64H,4-6,13-15,22-24,29-30,33,37,40,43,45-63H2,1-3H3/b10-7-,11-8-,12-9-,19-16-,20-17-,21-18-,27-25-,28-26-,32-31-,36-34-,38-35-,42-39-,44-41-. The number of esters is 3. The Morgan fingerprint density at radius 2 is 0.493 bits per heavy atom. The van der Waals surface area contributed by atoms with Crippen LogP contribution >= 0.6 is 0 Å². The predicted molar refractivity (Wildman–Crippen MR) is 315 cm³/mol. The first-order valence-electron chi connectivity index (χ1n) is 29.0. The number of unbranched alkanes of at least 4 members (excludes halogenated alkanes) is 13. The molecular formula is C67H104O6. The molecule has 0 radical (unpaired) electrons. The molecule has 6 heteroatoms. The lowest BCUT2D eigenvalue weighted by Crippen LogP contribution is -2.30. The summed E-state index contributed by atoms with van der Waals surface area (Å²) in [7, 11) is 0. The molecule has 0 heterocycles. The molecule has 0 saturated heterocycles. The summed E-state index contributed by atoms with van der Waals surface area (Å²) in [5.41, 5.74) is 0. The zero-order valence-corrected chi connectivity index (χ0v) is 46.6. The predicted octanol–water partition coefficient (Wildman–Crippen LogP) is 19.8. The van der Waals surface area contributed by atoms with E-state index in [9.17, 15) is 14.4 Å². The summed E-state index contributed by atoms with van der Waals surface area (Å²) < 4.78 is 16.8. The molecule has 0 aromatic carbocycles. The van der Waals surface area contributed by atoms with Crippen LogP contribution < -0.4 is 0 Å². The van der Waals surface area contributed by atoms with Gasteiger partial charge in [-0.1, -0.05) is 224 Å². The van der Waals surface area contributed by atoms with E-state index >= 15 is 0 Å². The number of hydrogen-bond acceptors (Lipinski definition) is 6. The van der Waals surface area contributed by atoms with Crippen molar-refractivity contribution in [1.82, 2.24) is 0 Å². The summed E-state index contributed by atoms with van der Waals surface area (Å²) in [4.78, 5) is 38.2. The van der Waals surface area contributed by atoms with Crippen molar-refractivity contribution in [3.63, 3.8) is 0 Å². The smallest absolute Gasteiger partial charge is 0.306 e. The minimum atomic E-state index is -0.818. The fourth-order valence-corrected chi connectivity index (χ4v) is 7.27. The van der Waals surface area contributed by atoms with Crippen LogP contribution in [0.4, 0.5) is 0 Å². The maximum Gasteiger partial charge on any atom is 0.306 e. The third-order valence-electron chi connectivity index (χ3n) is 11.5. The van der Waals surface area contributed by atoms with Gasteiger partial charge in [0.15, 0.2) is 6.10 Å². The average molecular weight is 1010 g/mol. The van der Waals surface area contributed by atoms with Crippen LogP contribution in [0.1, 0.15) is 226 Å². The summed E-state index contributed by atoms with van der Waals surface area (Å²) in [6.45, 7) is 6.22. The summed E-state index contributed by atoms with van der Waals surface area (Å²) in [6.07, 6.45) is 86.6. The highest BCUT2D eigenvalue weighted by Gasteiger charge is 2.19. The van der Waals surface area contributed by atoms with Crippen LogP contribution in [-0.2, 0) is 28.6 Å². The number of rotatable bonds is 50. The molecule has 0 amide bonds. The molecule has 1 unspecified atom stereocenters. The summed E-state index contributed by atoms with van der Waals surface area (Å²) >= 11 is 0. The van der Waals surface area contributed by atoms with Gasteiger partial charge in [0.2, 0.25) is 0 Å². The highest BCUT2D eigenvalue weighted by molar-refractivity contribution is 5.71. The molecule has 0 aliphatic rings. The van der Waals surface area contributed by atoms with Crippen molar-refractivity contribution in [2.75, 3.05) is 13.2 Å². The Hall–Kier alpha value is -4.97. The highest BCUT2D eigenvalue weighted by Crippen LogP contribution is 2.13. The van der Waals surface area contributed by atoms with Gasteiger partial charge in [0, 0.05) is 19.3 Å². The number of carbonyl (C=O) groups is 3. The molecule has 0 spiro atoms.